The fourth-order valence-corrected chi connectivity index (χ4v) is 3.15. The van der Waals surface area contributed by atoms with Gasteiger partial charge in [-0.3, -0.25) is 9.59 Å². The molecule has 1 unspecified atom stereocenters. The third-order valence-corrected chi connectivity index (χ3v) is 4.36. The molecule has 3 rings (SSSR count). The second kappa shape index (κ2) is 6.04. The van der Waals surface area contributed by atoms with Crippen molar-refractivity contribution in [2.45, 2.75) is 13.3 Å². The van der Waals surface area contributed by atoms with Crippen LogP contribution in [-0.4, -0.2) is 23.3 Å². The normalized spacial score (nSPS) is 17.6. The van der Waals surface area contributed by atoms with Gasteiger partial charge in [-0.25, -0.2) is 13.8 Å². The summed E-state index contributed by atoms with van der Waals surface area (Å²) in [6.07, 6.45) is 1.91. The number of hydrogen-bond acceptors (Lipinski definition) is 4. The Labute approximate surface area is 134 Å². The van der Waals surface area contributed by atoms with Gasteiger partial charge in [-0.1, -0.05) is 0 Å². The molecule has 2 heterocycles. The van der Waals surface area contributed by atoms with Crippen molar-refractivity contribution in [1.82, 2.24) is 4.98 Å². The van der Waals surface area contributed by atoms with Crippen LogP contribution in [0.1, 0.15) is 11.3 Å². The number of nitrogens with zero attached hydrogens (tertiary/aromatic N) is 2. The third kappa shape index (κ3) is 3.21. The van der Waals surface area contributed by atoms with Gasteiger partial charge < -0.3 is 10.2 Å². The molecule has 5 nitrogen and oxygen atoms in total. The number of hydrogen-bond donors (Lipinski definition) is 1. The van der Waals surface area contributed by atoms with Gasteiger partial charge in [0.25, 0.3) is 0 Å². The summed E-state index contributed by atoms with van der Waals surface area (Å²) in [7, 11) is 0. The molecule has 1 aromatic heterocycles. The average molecular weight is 337 g/mol. The van der Waals surface area contributed by atoms with Crippen LogP contribution in [0.5, 0.6) is 0 Å². The predicted molar refractivity (Wildman–Crippen MR) is 82.3 cm³/mol. The second-order valence-electron chi connectivity index (χ2n) is 5.22. The zero-order valence-electron chi connectivity index (χ0n) is 12.2. The zero-order chi connectivity index (χ0) is 16.6. The van der Waals surface area contributed by atoms with Gasteiger partial charge in [-0.15, -0.1) is 11.3 Å². The third-order valence-electron chi connectivity index (χ3n) is 3.53. The van der Waals surface area contributed by atoms with Gasteiger partial charge in [0.15, 0.2) is 5.13 Å². The van der Waals surface area contributed by atoms with Gasteiger partial charge in [0.2, 0.25) is 11.8 Å². The Bertz CT molecular complexity index is 758. The molecule has 1 aliphatic heterocycles. The quantitative estimate of drug-likeness (QED) is 0.876. The van der Waals surface area contributed by atoms with E-state index >= 15 is 0 Å². The molecular weight excluding hydrogens is 324 g/mol. The standard InChI is InChI=1S/C15H13F2N3O2S/c1-8-7-18-15(23-8)19-13(21)12-2-3-20(14(12)22)11-5-9(16)4-10(17)6-11/h4-7,12H,2-3H2,1H3,(H,18,19,21). The smallest absolute Gasteiger partial charge is 0.239 e. The van der Waals surface area contributed by atoms with Gasteiger partial charge >= 0.3 is 0 Å². The van der Waals surface area contributed by atoms with Crippen molar-refractivity contribution in [2.24, 2.45) is 5.92 Å². The molecule has 2 aromatic rings. The lowest BCUT2D eigenvalue weighted by molar-refractivity contribution is -0.129. The van der Waals surface area contributed by atoms with Crippen molar-refractivity contribution in [3.8, 4) is 0 Å². The highest BCUT2D eigenvalue weighted by molar-refractivity contribution is 7.15. The van der Waals surface area contributed by atoms with Crippen LogP contribution in [0.25, 0.3) is 0 Å². The highest BCUT2D eigenvalue weighted by Crippen LogP contribution is 2.28. The molecule has 0 spiro atoms. The summed E-state index contributed by atoms with van der Waals surface area (Å²) in [5.41, 5.74) is 0.118. The first-order valence-electron chi connectivity index (χ1n) is 6.95. The second-order valence-corrected chi connectivity index (χ2v) is 6.46. The van der Waals surface area contributed by atoms with Crippen molar-refractivity contribution in [3.05, 3.63) is 40.9 Å². The number of thiazole rings is 1. The fraction of sp³-hybridized carbons (Fsp3) is 0.267. The van der Waals surface area contributed by atoms with Gasteiger partial charge in [-0.05, 0) is 25.5 Å². The summed E-state index contributed by atoms with van der Waals surface area (Å²) < 4.78 is 26.6. The largest absolute Gasteiger partial charge is 0.311 e. The summed E-state index contributed by atoms with van der Waals surface area (Å²) in [5.74, 6) is -3.34. The minimum absolute atomic E-state index is 0.118. The minimum Gasteiger partial charge on any atom is -0.311 e. The molecule has 0 radical (unpaired) electrons. The lowest BCUT2D eigenvalue weighted by Gasteiger charge is -2.16. The van der Waals surface area contributed by atoms with Crippen LogP contribution in [0.3, 0.4) is 0 Å². The number of halogens is 2. The maximum atomic E-state index is 13.3. The van der Waals surface area contributed by atoms with Crippen molar-refractivity contribution < 1.29 is 18.4 Å². The minimum atomic E-state index is -0.884. The Morgan fingerprint density at radius 2 is 2.04 bits per heavy atom. The zero-order valence-corrected chi connectivity index (χ0v) is 13.0. The molecule has 2 amide bonds. The molecule has 23 heavy (non-hydrogen) atoms. The van der Waals surface area contributed by atoms with E-state index in [1.54, 1.807) is 6.20 Å². The Morgan fingerprint density at radius 3 is 2.65 bits per heavy atom. The van der Waals surface area contributed by atoms with Crippen LogP contribution in [0.15, 0.2) is 24.4 Å². The van der Waals surface area contributed by atoms with Gasteiger partial charge in [0, 0.05) is 29.4 Å². The van der Waals surface area contributed by atoms with E-state index in [0.29, 0.717) is 5.13 Å². The van der Waals surface area contributed by atoms with E-state index in [4.69, 9.17) is 0 Å². The van der Waals surface area contributed by atoms with E-state index in [1.807, 2.05) is 6.92 Å². The van der Waals surface area contributed by atoms with Crippen molar-refractivity contribution >= 4 is 34.0 Å². The van der Waals surface area contributed by atoms with Crippen LogP contribution in [0.4, 0.5) is 19.6 Å². The number of nitrogens with one attached hydrogen (secondary N) is 1. The molecule has 0 saturated carbocycles. The van der Waals surface area contributed by atoms with E-state index in [1.165, 1.54) is 16.2 Å². The number of anilines is 2. The summed E-state index contributed by atoms with van der Waals surface area (Å²) in [6, 6.07) is 2.88. The van der Waals surface area contributed by atoms with E-state index in [-0.39, 0.29) is 18.7 Å². The van der Waals surface area contributed by atoms with Crippen LogP contribution in [-0.2, 0) is 9.59 Å². The number of carbonyl (C=O) groups excluding carboxylic acids is 2. The number of aromatic nitrogens is 1. The summed E-state index contributed by atoms with van der Waals surface area (Å²) in [4.78, 5) is 30.8. The van der Waals surface area contributed by atoms with Crippen LogP contribution in [0, 0.1) is 24.5 Å². The number of amides is 2. The number of benzene rings is 1. The topological polar surface area (TPSA) is 62.3 Å². The molecule has 8 heteroatoms. The lowest BCUT2D eigenvalue weighted by Crippen LogP contribution is -2.33. The number of rotatable bonds is 3. The Kier molecular flexibility index (Phi) is 4.08. The Hall–Kier alpha value is -2.35. The molecule has 120 valence electrons. The summed E-state index contributed by atoms with van der Waals surface area (Å²) >= 11 is 1.31. The van der Waals surface area contributed by atoms with E-state index in [2.05, 4.69) is 10.3 Å². The molecular formula is C15H13F2N3O2S. The summed E-state index contributed by atoms with van der Waals surface area (Å²) in [5, 5.41) is 3.03. The molecule has 1 atom stereocenters. The van der Waals surface area contributed by atoms with E-state index < -0.39 is 29.4 Å². The highest BCUT2D eigenvalue weighted by atomic mass is 32.1. The lowest BCUT2D eigenvalue weighted by atomic mass is 10.1. The van der Waals surface area contributed by atoms with Crippen molar-refractivity contribution in [3.63, 3.8) is 0 Å². The first-order chi connectivity index (χ1) is 10.9. The molecule has 1 saturated heterocycles. The molecule has 1 aromatic carbocycles. The van der Waals surface area contributed by atoms with Crippen LogP contribution in [0.2, 0.25) is 0 Å². The summed E-state index contributed by atoms with van der Waals surface area (Å²) in [6.45, 7) is 2.09. The predicted octanol–water partition coefficient (Wildman–Crippen LogP) is 2.72. The Morgan fingerprint density at radius 1 is 1.35 bits per heavy atom. The highest BCUT2D eigenvalue weighted by Gasteiger charge is 2.38. The maximum absolute atomic E-state index is 13.3. The maximum Gasteiger partial charge on any atom is 0.239 e. The first-order valence-corrected chi connectivity index (χ1v) is 7.76. The van der Waals surface area contributed by atoms with Crippen LogP contribution >= 0.6 is 11.3 Å². The Balaban J connectivity index is 1.74. The van der Waals surface area contributed by atoms with Gasteiger partial charge in [0.1, 0.15) is 17.6 Å². The van der Waals surface area contributed by atoms with E-state index in [9.17, 15) is 18.4 Å². The molecule has 1 fully saturated rings. The first kappa shape index (κ1) is 15.5. The molecule has 1 N–H and O–H groups in total. The van der Waals surface area contributed by atoms with Crippen molar-refractivity contribution in [1.29, 1.82) is 0 Å². The molecule has 1 aliphatic rings. The van der Waals surface area contributed by atoms with E-state index in [0.717, 1.165) is 23.1 Å². The average Bonchev–Trinajstić information content (AvgIpc) is 3.04. The monoisotopic (exact) mass is 337 g/mol. The SMILES string of the molecule is Cc1cnc(NC(=O)C2CCN(c3cc(F)cc(F)c3)C2=O)s1. The van der Waals surface area contributed by atoms with Crippen molar-refractivity contribution in [2.75, 3.05) is 16.8 Å². The van der Waals surface area contributed by atoms with Gasteiger partial charge in [0.05, 0.1) is 0 Å². The van der Waals surface area contributed by atoms with Crippen LogP contribution < -0.4 is 10.2 Å². The molecule has 0 aliphatic carbocycles. The number of aryl methyl sites for hydroxylation is 1. The number of carbonyl (C=O) groups is 2. The molecule has 0 bridgehead atoms. The fourth-order valence-electron chi connectivity index (χ4n) is 2.48. The van der Waals surface area contributed by atoms with Gasteiger partial charge in [-0.2, -0.15) is 0 Å².